The van der Waals surface area contributed by atoms with E-state index in [9.17, 15) is 0 Å². The molecule has 1 aromatic carbocycles. The van der Waals surface area contributed by atoms with Gasteiger partial charge in [0.15, 0.2) is 0 Å². The van der Waals surface area contributed by atoms with E-state index in [1.54, 1.807) is 6.20 Å². The Morgan fingerprint density at radius 2 is 2.21 bits per heavy atom. The van der Waals surface area contributed by atoms with Crippen LogP contribution in [0, 0.1) is 5.41 Å². The molecule has 2 aromatic rings. The minimum absolute atomic E-state index is 0.208. The summed E-state index contributed by atoms with van der Waals surface area (Å²) in [6.07, 6.45) is 2.34. The molecular weight excluding hydrogens is 260 g/mol. The number of fused-ring (bicyclic) bond motifs is 1. The molecule has 0 aliphatic carbocycles. The Morgan fingerprint density at radius 3 is 2.89 bits per heavy atom. The number of pyridine rings is 1. The van der Waals surface area contributed by atoms with Crippen molar-refractivity contribution >= 4 is 34.0 Å². The number of hydrogen-bond donors (Lipinski definition) is 2. The SMILES string of the molecule is CCN(CCC(=N)N)c1ccnc2cc(Cl)ccc12. The lowest BCUT2D eigenvalue weighted by Gasteiger charge is -2.24. The molecule has 0 saturated carbocycles. The van der Waals surface area contributed by atoms with Gasteiger partial charge in [0, 0.05) is 41.8 Å². The van der Waals surface area contributed by atoms with Crippen LogP contribution in [0.15, 0.2) is 30.5 Å². The first-order valence-electron chi connectivity index (χ1n) is 6.24. The summed E-state index contributed by atoms with van der Waals surface area (Å²) in [6.45, 7) is 3.67. The molecule has 100 valence electrons. The standard InChI is InChI=1S/C14H17ClN4/c1-2-19(8-6-14(16)17)13-5-7-18-12-9-10(15)3-4-11(12)13/h3-5,7,9H,2,6,8H2,1H3,(H3,16,17). The van der Waals surface area contributed by atoms with Gasteiger partial charge >= 0.3 is 0 Å². The maximum absolute atomic E-state index is 7.34. The van der Waals surface area contributed by atoms with Crippen molar-refractivity contribution in [2.75, 3.05) is 18.0 Å². The van der Waals surface area contributed by atoms with Crippen molar-refractivity contribution in [3.8, 4) is 0 Å². The van der Waals surface area contributed by atoms with Gasteiger partial charge in [-0.3, -0.25) is 10.4 Å². The molecule has 0 saturated heterocycles. The molecule has 0 spiro atoms. The number of anilines is 1. The van der Waals surface area contributed by atoms with Crippen LogP contribution < -0.4 is 10.6 Å². The third-order valence-corrected chi connectivity index (χ3v) is 3.29. The van der Waals surface area contributed by atoms with Crippen molar-refractivity contribution in [2.24, 2.45) is 5.73 Å². The predicted octanol–water partition coefficient (Wildman–Crippen LogP) is 3.04. The highest BCUT2D eigenvalue weighted by Crippen LogP contribution is 2.27. The number of halogens is 1. The van der Waals surface area contributed by atoms with Crippen LogP contribution in [0.3, 0.4) is 0 Å². The highest BCUT2D eigenvalue weighted by atomic mass is 35.5. The minimum Gasteiger partial charge on any atom is -0.388 e. The molecule has 0 aliphatic rings. The Labute approximate surface area is 117 Å². The molecule has 1 heterocycles. The molecule has 19 heavy (non-hydrogen) atoms. The number of hydrogen-bond acceptors (Lipinski definition) is 3. The van der Waals surface area contributed by atoms with Crippen LogP contribution >= 0.6 is 11.6 Å². The maximum atomic E-state index is 7.34. The van der Waals surface area contributed by atoms with Gasteiger partial charge < -0.3 is 10.6 Å². The maximum Gasteiger partial charge on any atom is 0.0923 e. The molecule has 0 unspecified atom stereocenters. The quantitative estimate of drug-likeness (QED) is 0.652. The molecule has 0 radical (unpaired) electrons. The number of rotatable bonds is 5. The molecule has 0 fully saturated rings. The Kier molecular flexibility index (Phi) is 4.22. The van der Waals surface area contributed by atoms with Crippen LogP contribution in [0.4, 0.5) is 5.69 Å². The fourth-order valence-electron chi connectivity index (χ4n) is 2.09. The summed E-state index contributed by atoms with van der Waals surface area (Å²) in [5, 5.41) is 9.09. The highest BCUT2D eigenvalue weighted by Gasteiger charge is 2.09. The number of benzene rings is 1. The topological polar surface area (TPSA) is 66.0 Å². The summed E-state index contributed by atoms with van der Waals surface area (Å²) < 4.78 is 0. The normalized spacial score (nSPS) is 10.6. The zero-order chi connectivity index (χ0) is 13.8. The number of nitrogens with zero attached hydrogens (tertiary/aromatic N) is 2. The van der Waals surface area contributed by atoms with Crippen LogP contribution in [-0.4, -0.2) is 23.9 Å². The van der Waals surface area contributed by atoms with Gasteiger partial charge in [-0.2, -0.15) is 0 Å². The van der Waals surface area contributed by atoms with Gasteiger partial charge in [-0.25, -0.2) is 0 Å². The van der Waals surface area contributed by atoms with Crippen LogP contribution in [0.25, 0.3) is 10.9 Å². The summed E-state index contributed by atoms with van der Waals surface area (Å²) in [5.41, 5.74) is 7.42. The smallest absolute Gasteiger partial charge is 0.0923 e. The third-order valence-electron chi connectivity index (χ3n) is 3.06. The van der Waals surface area contributed by atoms with Crippen molar-refractivity contribution in [3.05, 3.63) is 35.5 Å². The van der Waals surface area contributed by atoms with Crippen LogP contribution in [0.2, 0.25) is 5.02 Å². The molecule has 0 aliphatic heterocycles. The van der Waals surface area contributed by atoms with Gasteiger partial charge in [0.05, 0.1) is 11.4 Å². The summed E-state index contributed by atoms with van der Waals surface area (Å²) in [4.78, 5) is 6.53. The van der Waals surface area contributed by atoms with Crippen LogP contribution in [0.1, 0.15) is 13.3 Å². The van der Waals surface area contributed by atoms with Gasteiger partial charge in [0.2, 0.25) is 0 Å². The van der Waals surface area contributed by atoms with Crippen molar-refractivity contribution < 1.29 is 0 Å². The average molecular weight is 277 g/mol. The number of nitrogens with two attached hydrogens (primary N) is 1. The van der Waals surface area contributed by atoms with E-state index < -0.39 is 0 Å². The lowest BCUT2D eigenvalue weighted by molar-refractivity contribution is 0.834. The fourth-order valence-corrected chi connectivity index (χ4v) is 2.25. The summed E-state index contributed by atoms with van der Waals surface area (Å²) >= 11 is 5.99. The van der Waals surface area contributed by atoms with E-state index in [1.807, 2.05) is 24.3 Å². The zero-order valence-corrected chi connectivity index (χ0v) is 11.6. The van der Waals surface area contributed by atoms with Gasteiger partial charge in [0.1, 0.15) is 0 Å². The van der Waals surface area contributed by atoms with Gasteiger partial charge in [-0.1, -0.05) is 11.6 Å². The second-order valence-electron chi connectivity index (χ2n) is 4.35. The van der Waals surface area contributed by atoms with Crippen molar-refractivity contribution in [1.82, 2.24) is 4.98 Å². The molecule has 5 heteroatoms. The molecule has 0 atom stereocenters. The number of amidine groups is 1. The highest BCUT2D eigenvalue weighted by molar-refractivity contribution is 6.31. The van der Waals surface area contributed by atoms with E-state index in [0.29, 0.717) is 11.4 Å². The first kappa shape index (κ1) is 13.6. The first-order valence-corrected chi connectivity index (χ1v) is 6.61. The second kappa shape index (κ2) is 5.89. The Hall–Kier alpha value is -1.81. The van der Waals surface area contributed by atoms with Gasteiger partial charge in [-0.05, 0) is 31.2 Å². The Bertz CT molecular complexity index is 597. The van der Waals surface area contributed by atoms with E-state index in [-0.39, 0.29) is 5.84 Å². The second-order valence-corrected chi connectivity index (χ2v) is 4.78. The molecule has 4 nitrogen and oxygen atoms in total. The van der Waals surface area contributed by atoms with Crippen molar-refractivity contribution in [2.45, 2.75) is 13.3 Å². The third kappa shape index (κ3) is 3.15. The number of aromatic nitrogens is 1. The van der Waals surface area contributed by atoms with E-state index in [2.05, 4.69) is 16.8 Å². The Balaban J connectivity index is 2.39. The largest absolute Gasteiger partial charge is 0.388 e. The summed E-state index contributed by atoms with van der Waals surface area (Å²) in [5.74, 6) is 0.208. The van der Waals surface area contributed by atoms with Gasteiger partial charge in [-0.15, -0.1) is 0 Å². The van der Waals surface area contributed by atoms with E-state index in [4.69, 9.17) is 22.7 Å². The molecule has 1 aromatic heterocycles. The van der Waals surface area contributed by atoms with E-state index in [1.165, 1.54) is 0 Å². The molecule has 2 rings (SSSR count). The monoisotopic (exact) mass is 276 g/mol. The zero-order valence-electron chi connectivity index (χ0n) is 10.9. The van der Waals surface area contributed by atoms with Gasteiger partial charge in [0.25, 0.3) is 0 Å². The van der Waals surface area contributed by atoms with Crippen LogP contribution in [0.5, 0.6) is 0 Å². The van der Waals surface area contributed by atoms with Crippen molar-refractivity contribution in [1.29, 1.82) is 5.41 Å². The predicted molar refractivity (Wildman–Crippen MR) is 81.2 cm³/mol. The fraction of sp³-hybridized carbons (Fsp3) is 0.286. The molecule has 0 amide bonds. The molecule has 0 bridgehead atoms. The minimum atomic E-state index is 0.208. The average Bonchev–Trinajstić information content (AvgIpc) is 2.38. The number of nitrogens with one attached hydrogen (secondary N) is 1. The Morgan fingerprint density at radius 1 is 1.42 bits per heavy atom. The van der Waals surface area contributed by atoms with Crippen molar-refractivity contribution in [3.63, 3.8) is 0 Å². The molecule has 3 N–H and O–H groups in total. The van der Waals surface area contributed by atoms with E-state index in [0.717, 1.165) is 29.7 Å². The lowest BCUT2D eigenvalue weighted by Crippen LogP contribution is -2.27. The summed E-state index contributed by atoms with van der Waals surface area (Å²) in [6, 6.07) is 7.70. The molecular formula is C14H17ClN4. The van der Waals surface area contributed by atoms with Crippen LogP contribution in [-0.2, 0) is 0 Å². The summed E-state index contributed by atoms with van der Waals surface area (Å²) in [7, 11) is 0. The van der Waals surface area contributed by atoms with E-state index >= 15 is 0 Å². The first-order chi connectivity index (χ1) is 9.11. The lowest BCUT2D eigenvalue weighted by atomic mass is 10.1.